The minimum absolute atomic E-state index is 0.217. The first kappa shape index (κ1) is 14.4. The Kier molecular flexibility index (Phi) is 3.74. The molecule has 0 saturated carbocycles. The molecule has 1 aromatic heterocycles. The molecule has 0 radical (unpaired) electrons. The van der Waals surface area contributed by atoms with Gasteiger partial charge in [0, 0.05) is 18.8 Å². The van der Waals surface area contributed by atoms with Gasteiger partial charge in [-0.2, -0.15) is 0 Å². The predicted octanol–water partition coefficient (Wildman–Crippen LogP) is 1.40. The van der Waals surface area contributed by atoms with Gasteiger partial charge in [0.05, 0.1) is 28.5 Å². The van der Waals surface area contributed by atoms with E-state index in [1.807, 2.05) is 0 Å². The van der Waals surface area contributed by atoms with Crippen LogP contribution in [0.2, 0.25) is 0 Å². The molecule has 0 aliphatic rings. The zero-order valence-electron chi connectivity index (χ0n) is 11.3. The first-order valence-electron chi connectivity index (χ1n) is 6.15. The molecule has 0 aliphatic carbocycles. The highest BCUT2D eigenvalue weighted by Crippen LogP contribution is 2.34. The van der Waals surface area contributed by atoms with Crippen LogP contribution >= 0.6 is 0 Å². The molecule has 0 saturated heterocycles. The molecule has 3 N–H and O–H groups in total. The third-order valence-electron chi connectivity index (χ3n) is 3.56. The minimum atomic E-state index is -0.650. The van der Waals surface area contributed by atoms with Crippen molar-refractivity contribution in [3.05, 3.63) is 39.3 Å². The van der Waals surface area contributed by atoms with Gasteiger partial charge in [-0.3, -0.25) is 10.1 Å². The van der Waals surface area contributed by atoms with E-state index in [0.29, 0.717) is 22.9 Å². The van der Waals surface area contributed by atoms with Crippen molar-refractivity contribution in [3.63, 3.8) is 0 Å². The van der Waals surface area contributed by atoms with Crippen molar-refractivity contribution >= 4 is 16.6 Å². The zero-order chi connectivity index (χ0) is 15.0. The van der Waals surface area contributed by atoms with Gasteiger partial charge in [0.15, 0.2) is 0 Å². The Bertz CT molecular complexity index is 681. The molecule has 1 heterocycles. The van der Waals surface area contributed by atoms with E-state index in [4.69, 9.17) is 10.8 Å². The summed E-state index contributed by atoms with van der Waals surface area (Å²) in [6.45, 7) is 1.58. The fourth-order valence-electron chi connectivity index (χ4n) is 2.44. The highest BCUT2D eigenvalue weighted by molar-refractivity contribution is 5.93. The van der Waals surface area contributed by atoms with E-state index < -0.39 is 16.8 Å². The first-order valence-corrected chi connectivity index (χ1v) is 6.15. The number of aryl methyl sites for hydroxylation is 1. The largest absolute Gasteiger partial charge is 0.395 e. The molecule has 0 fully saturated rings. The summed E-state index contributed by atoms with van der Waals surface area (Å²) in [6.07, 6.45) is 0.298. The number of nitro groups is 1. The Morgan fingerprint density at radius 1 is 1.55 bits per heavy atom. The zero-order valence-corrected chi connectivity index (χ0v) is 11.3. The number of aliphatic hydroxyl groups is 1. The molecule has 7 heteroatoms. The SMILES string of the molecule is Cc1c(CC(N)CO)c2c([N+](=O)[O-])cc(F)cc2n1C. The van der Waals surface area contributed by atoms with Crippen LogP contribution in [0.3, 0.4) is 0 Å². The Balaban J connectivity index is 2.79. The van der Waals surface area contributed by atoms with Crippen molar-refractivity contribution < 1.29 is 14.4 Å². The molecule has 108 valence electrons. The van der Waals surface area contributed by atoms with Crippen LogP contribution < -0.4 is 5.73 Å². The molecule has 1 aromatic carbocycles. The maximum absolute atomic E-state index is 13.5. The fourth-order valence-corrected chi connectivity index (χ4v) is 2.44. The Labute approximate surface area is 114 Å². The van der Waals surface area contributed by atoms with Gasteiger partial charge in [-0.15, -0.1) is 0 Å². The van der Waals surface area contributed by atoms with Crippen LogP contribution in [-0.4, -0.2) is 27.2 Å². The molecular weight excluding hydrogens is 265 g/mol. The highest BCUT2D eigenvalue weighted by atomic mass is 19.1. The van der Waals surface area contributed by atoms with Crippen molar-refractivity contribution in [1.82, 2.24) is 4.57 Å². The summed E-state index contributed by atoms with van der Waals surface area (Å²) in [5.74, 6) is -0.650. The van der Waals surface area contributed by atoms with Gasteiger partial charge in [0.25, 0.3) is 5.69 Å². The van der Waals surface area contributed by atoms with Gasteiger partial charge in [0.1, 0.15) is 5.82 Å². The van der Waals surface area contributed by atoms with Gasteiger partial charge in [-0.1, -0.05) is 0 Å². The number of aromatic nitrogens is 1. The number of nitrogens with two attached hydrogens (primary N) is 1. The number of benzene rings is 1. The Morgan fingerprint density at radius 3 is 2.75 bits per heavy atom. The maximum atomic E-state index is 13.5. The van der Waals surface area contributed by atoms with E-state index in [-0.39, 0.29) is 12.3 Å². The number of rotatable bonds is 4. The average Bonchev–Trinajstić information content (AvgIpc) is 2.63. The van der Waals surface area contributed by atoms with Crippen LogP contribution in [0.5, 0.6) is 0 Å². The van der Waals surface area contributed by atoms with Crippen LogP contribution in [0.1, 0.15) is 11.3 Å². The van der Waals surface area contributed by atoms with Crippen LogP contribution in [0, 0.1) is 22.9 Å². The van der Waals surface area contributed by atoms with Crippen molar-refractivity contribution in [2.75, 3.05) is 6.61 Å². The summed E-state index contributed by atoms with van der Waals surface area (Å²) >= 11 is 0. The van der Waals surface area contributed by atoms with Crippen molar-refractivity contribution in [3.8, 4) is 0 Å². The van der Waals surface area contributed by atoms with Crippen molar-refractivity contribution in [2.24, 2.45) is 12.8 Å². The second-order valence-corrected chi connectivity index (χ2v) is 4.85. The van der Waals surface area contributed by atoms with Crippen molar-refractivity contribution in [1.29, 1.82) is 0 Å². The lowest BCUT2D eigenvalue weighted by atomic mass is 10.0. The molecule has 20 heavy (non-hydrogen) atoms. The molecule has 1 unspecified atom stereocenters. The highest BCUT2D eigenvalue weighted by Gasteiger charge is 2.23. The summed E-state index contributed by atoms with van der Waals surface area (Å²) in [4.78, 5) is 10.5. The molecule has 0 spiro atoms. The average molecular weight is 281 g/mol. The van der Waals surface area contributed by atoms with Crippen LogP contribution in [0.25, 0.3) is 10.9 Å². The number of aliphatic hydroxyl groups excluding tert-OH is 1. The van der Waals surface area contributed by atoms with Crippen molar-refractivity contribution in [2.45, 2.75) is 19.4 Å². The van der Waals surface area contributed by atoms with Crippen LogP contribution in [0.4, 0.5) is 10.1 Å². The standard InChI is InChI=1S/C13H16FN3O3/c1-7-10(5-9(15)6-18)13-11(16(7)2)3-8(14)4-12(13)17(19)20/h3-4,9,18H,5-6,15H2,1-2H3. The van der Waals surface area contributed by atoms with Crippen LogP contribution in [0.15, 0.2) is 12.1 Å². The van der Waals surface area contributed by atoms with Gasteiger partial charge in [0.2, 0.25) is 0 Å². The third kappa shape index (κ3) is 2.25. The second kappa shape index (κ2) is 5.18. The molecule has 0 aliphatic heterocycles. The van der Waals surface area contributed by atoms with E-state index in [9.17, 15) is 14.5 Å². The number of hydrogen-bond acceptors (Lipinski definition) is 4. The van der Waals surface area contributed by atoms with E-state index in [1.54, 1.807) is 18.5 Å². The van der Waals surface area contributed by atoms with Gasteiger partial charge in [-0.25, -0.2) is 4.39 Å². The quantitative estimate of drug-likeness (QED) is 0.654. The first-order chi connectivity index (χ1) is 9.36. The molecule has 6 nitrogen and oxygen atoms in total. The number of non-ortho nitro benzene ring substituents is 1. The molecule has 1 atom stereocenters. The lowest BCUT2D eigenvalue weighted by Gasteiger charge is -2.08. The summed E-state index contributed by atoms with van der Waals surface area (Å²) in [5.41, 5.74) is 7.36. The van der Waals surface area contributed by atoms with Gasteiger partial charge >= 0.3 is 0 Å². The van der Waals surface area contributed by atoms with E-state index in [1.165, 1.54) is 6.07 Å². The third-order valence-corrected chi connectivity index (χ3v) is 3.56. The summed E-state index contributed by atoms with van der Waals surface area (Å²) in [7, 11) is 1.72. The number of nitrogens with zero attached hydrogens (tertiary/aromatic N) is 2. The smallest absolute Gasteiger partial charge is 0.281 e. The topological polar surface area (TPSA) is 94.3 Å². The normalized spacial score (nSPS) is 12.8. The van der Waals surface area contributed by atoms with Gasteiger partial charge < -0.3 is 15.4 Å². The number of fused-ring (bicyclic) bond motifs is 1. The summed E-state index contributed by atoms with van der Waals surface area (Å²) < 4.78 is 15.2. The summed E-state index contributed by atoms with van der Waals surface area (Å²) in [5, 5.41) is 20.6. The monoisotopic (exact) mass is 281 g/mol. The van der Waals surface area contributed by atoms with E-state index >= 15 is 0 Å². The van der Waals surface area contributed by atoms with Gasteiger partial charge in [-0.05, 0) is 25.0 Å². The second-order valence-electron chi connectivity index (χ2n) is 4.85. The molecule has 0 bridgehead atoms. The minimum Gasteiger partial charge on any atom is -0.395 e. The molecular formula is C13H16FN3O3. The predicted molar refractivity (Wildman–Crippen MR) is 73.0 cm³/mol. The molecule has 2 rings (SSSR count). The Morgan fingerprint density at radius 2 is 2.20 bits per heavy atom. The molecule has 0 amide bonds. The molecule has 2 aromatic rings. The van der Waals surface area contributed by atoms with E-state index in [0.717, 1.165) is 11.8 Å². The Hall–Kier alpha value is -1.99. The fraction of sp³-hybridized carbons (Fsp3) is 0.385. The number of halogens is 1. The number of hydrogen-bond donors (Lipinski definition) is 2. The summed E-state index contributed by atoms with van der Waals surface area (Å²) in [6, 6.07) is 1.67. The lowest BCUT2D eigenvalue weighted by molar-refractivity contribution is -0.383. The van der Waals surface area contributed by atoms with Crippen LogP contribution in [-0.2, 0) is 13.5 Å². The van der Waals surface area contributed by atoms with E-state index in [2.05, 4.69) is 0 Å². The maximum Gasteiger partial charge on any atom is 0.281 e. The number of nitro benzene ring substituents is 1. The lowest BCUT2D eigenvalue weighted by Crippen LogP contribution is -2.27.